The summed E-state index contributed by atoms with van der Waals surface area (Å²) >= 11 is 0. The van der Waals surface area contributed by atoms with E-state index in [1.807, 2.05) is 6.92 Å². The first-order valence-electron chi connectivity index (χ1n) is 1.21. The molecule has 0 atom stereocenters. The Kier molecular flexibility index (Phi) is 76.3. The fourth-order valence-electron chi connectivity index (χ4n) is 0. The molecule has 1 heteroatoms. The molecule has 0 saturated heterocycles. The molecule has 30 valence electrons. The van der Waals surface area contributed by atoms with Gasteiger partial charge in [-0.05, 0) is 0 Å². The van der Waals surface area contributed by atoms with E-state index in [1.165, 1.54) is 0 Å². The van der Waals surface area contributed by atoms with Gasteiger partial charge in [0.2, 0.25) is 0 Å². The molecule has 0 nitrogen and oxygen atoms in total. The minimum atomic E-state index is 0. The molecule has 0 aliphatic rings. The van der Waals surface area contributed by atoms with Crippen molar-refractivity contribution in [1.29, 1.82) is 0 Å². The molecule has 0 aromatic carbocycles. The van der Waals surface area contributed by atoms with Gasteiger partial charge in [-0.1, -0.05) is 6.92 Å². The first-order chi connectivity index (χ1) is 1.41. The molecule has 0 fully saturated rings. The normalized spacial score (nSPS) is 3.60. The Morgan fingerprint density at radius 1 is 1.60 bits per heavy atom. The maximum Gasteiger partial charge on any atom is 2.00 e. The van der Waals surface area contributed by atoms with E-state index >= 15 is 0 Å². The van der Waals surface area contributed by atoms with Gasteiger partial charge in [0.15, 0.2) is 0 Å². The number of rotatable bonds is 0. The van der Waals surface area contributed by atoms with Crippen molar-refractivity contribution < 1.29 is 21.7 Å². The smallest absolute Gasteiger partial charge is 0.358 e. The van der Waals surface area contributed by atoms with Crippen LogP contribution in [0.4, 0.5) is 0 Å². The predicted octanol–water partition coefficient (Wildman–Crippen LogP) is 1.68. The molecule has 0 aromatic rings. The van der Waals surface area contributed by atoms with Crippen LogP contribution in [0.15, 0.2) is 0 Å². The third-order valence-corrected chi connectivity index (χ3v) is 0. The third-order valence-electron chi connectivity index (χ3n) is 0. The first kappa shape index (κ1) is 17.2. The van der Waals surface area contributed by atoms with Gasteiger partial charge in [-0.15, -0.1) is 0 Å². The van der Waals surface area contributed by atoms with E-state index in [-0.39, 0.29) is 29.1 Å². The summed E-state index contributed by atoms with van der Waals surface area (Å²) in [7, 11) is 0. The number of hydrogen-bond donors (Lipinski definition) is 0. The first-order valence-corrected chi connectivity index (χ1v) is 1.21. The molecule has 0 spiro atoms. The molecule has 0 heterocycles. The van der Waals surface area contributed by atoms with Gasteiger partial charge in [0.05, 0.1) is 0 Å². The van der Waals surface area contributed by atoms with Gasteiger partial charge in [-0.3, -0.25) is 0 Å². The van der Waals surface area contributed by atoms with E-state index in [9.17, 15) is 0 Å². The maximum absolute atomic E-state index is 3.49. The largest absolute Gasteiger partial charge is 2.00 e. The van der Waals surface area contributed by atoms with Crippen LogP contribution in [0, 0.1) is 14.4 Å². The third kappa shape index (κ3) is 68.1. The topological polar surface area (TPSA) is 0 Å². The van der Waals surface area contributed by atoms with Gasteiger partial charge < -0.3 is 14.4 Å². The summed E-state index contributed by atoms with van der Waals surface area (Å²) in [5.74, 6) is 0. The van der Waals surface area contributed by atoms with Gasteiger partial charge in [-0.25, -0.2) is 0 Å². The Balaban J connectivity index is -0.0000000200. The van der Waals surface area contributed by atoms with Crippen LogP contribution in [0.25, 0.3) is 0 Å². The van der Waals surface area contributed by atoms with E-state index in [1.54, 1.807) is 0 Å². The van der Waals surface area contributed by atoms with Crippen LogP contribution in [-0.4, -0.2) is 0 Å². The monoisotopic (exact) mass is 106 g/mol. The van der Waals surface area contributed by atoms with Crippen molar-refractivity contribution in [2.75, 3.05) is 0 Å². The quantitative estimate of drug-likeness (QED) is 0.325. The van der Waals surface area contributed by atoms with Gasteiger partial charge in [-0.2, -0.15) is 6.42 Å². The van der Waals surface area contributed by atoms with Crippen LogP contribution in [0.1, 0.15) is 13.3 Å². The Bertz CT molecular complexity index is 3.61. The molecule has 5 heavy (non-hydrogen) atoms. The minimum Gasteiger partial charge on any atom is -0.358 e. The fraction of sp³-hybridized carbons (Fsp3) is 0.500. The Labute approximate surface area is 49.8 Å². The summed E-state index contributed by atoms with van der Waals surface area (Å²) in [6.07, 6.45) is 1.00. The molecule has 0 N–H and O–H groups in total. The summed E-state index contributed by atoms with van der Waals surface area (Å²) in [6, 6.07) is 0. The summed E-state index contributed by atoms with van der Waals surface area (Å²) in [5.41, 5.74) is 0. The second-order valence-electron chi connectivity index (χ2n) is 0.500. The SMILES string of the molecule is [CH2-]CC.[CH3-].[Ti+2]. The van der Waals surface area contributed by atoms with E-state index in [4.69, 9.17) is 0 Å². The van der Waals surface area contributed by atoms with Crippen LogP contribution < -0.4 is 0 Å². The standard InChI is InChI=1S/C3H7.CH3.Ti/c1-3-2;;/h1,3H2,2H3;1H3;/q2*-1;+2. The molecular formula is C4H10Ti. The van der Waals surface area contributed by atoms with Crippen molar-refractivity contribution in [1.82, 2.24) is 0 Å². The fourth-order valence-corrected chi connectivity index (χ4v) is 0. The van der Waals surface area contributed by atoms with Crippen molar-refractivity contribution in [2.45, 2.75) is 13.3 Å². The zero-order chi connectivity index (χ0) is 2.71. The van der Waals surface area contributed by atoms with Crippen LogP contribution >= 0.6 is 0 Å². The predicted molar refractivity (Wildman–Crippen MR) is 22.1 cm³/mol. The van der Waals surface area contributed by atoms with Crippen molar-refractivity contribution in [2.24, 2.45) is 0 Å². The second-order valence-corrected chi connectivity index (χ2v) is 0.500. The minimum absolute atomic E-state index is 0. The Morgan fingerprint density at radius 3 is 1.60 bits per heavy atom. The van der Waals surface area contributed by atoms with Crippen molar-refractivity contribution >= 4 is 0 Å². The summed E-state index contributed by atoms with van der Waals surface area (Å²) in [5, 5.41) is 0. The summed E-state index contributed by atoms with van der Waals surface area (Å²) < 4.78 is 0. The zero-order valence-electron chi connectivity index (χ0n) is 3.91. The number of hydrogen-bond acceptors (Lipinski definition) is 0. The Morgan fingerprint density at radius 2 is 1.60 bits per heavy atom. The molecule has 0 aliphatic carbocycles. The van der Waals surface area contributed by atoms with Gasteiger partial charge in [0.1, 0.15) is 0 Å². The van der Waals surface area contributed by atoms with Gasteiger partial charge in [0.25, 0.3) is 0 Å². The van der Waals surface area contributed by atoms with Crippen molar-refractivity contribution in [3.05, 3.63) is 14.4 Å². The molecule has 0 aromatic heterocycles. The molecule has 0 aliphatic heterocycles. The van der Waals surface area contributed by atoms with E-state index in [0.717, 1.165) is 6.42 Å². The molecular weight excluding hydrogens is 95.9 g/mol. The summed E-state index contributed by atoms with van der Waals surface area (Å²) in [4.78, 5) is 0. The summed E-state index contributed by atoms with van der Waals surface area (Å²) in [6.45, 7) is 5.50. The van der Waals surface area contributed by atoms with Crippen LogP contribution in [0.2, 0.25) is 0 Å². The van der Waals surface area contributed by atoms with Crippen molar-refractivity contribution in [3.8, 4) is 0 Å². The molecule has 0 radical (unpaired) electrons. The average molecular weight is 106 g/mol. The van der Waals surface area contributed by atoms with Crippen LogP contribution in [0.5, 0.6) is 0 Å². The zero-order valence-corrected chi connectivity index (χ0v) is 5.48. The Hall–Kier alpha value is 0.714. The average Bonchev–Trinajstić information content (AvgIpc) is 0.918. The van der Waals surface area contributed by atoms with E-state index < -0.39 is 0 Å². The molecule has 0 saturated carbocycles. The second kappa shape index (κ2) is 22.1. The molecule has 0 bridgehead atoms. The van der Waals surface area contributed by atoms with E-state index in [2.05, 4.69) is 6.92 Å². The van der Waals surface area contributed by atoms with Gasteiger partial charge >= 0.3 is 21.7 Å². The molecule has 0 amide bonds. The van der Waals surface area contributed by atoms with Gasteiger partial charge in [0, 0.05) is 0 Å². The van der Waals surface area contributed by atoms with Crippen LogP contribution in [-0.2, 0) is 21.7 Å². The maximum atomic E-state index is 3.49. The molecule has 0 unspecified atom stereocenters. The molecule has 0 rings (SSSR count). The van der Waals surface area contributed by atoms with Crippen LogP contribution in [0.3, 0.4) is 0 Å². The van der Waals surface area contributed by atoms with Crippen molar-refractivity contribution in [3.63, 3.8) is 0 Å². The van der Waals surface area contributed by atoms with E-state index in [0.29, 0.717) is 0 Å².